The third-order valence-corrected chi connectivity index (χ3v) is 2.01. The number of aryl methyl sites for hydroxylation is 1. The molecule has 0 saturated carbocycles. The molecule has 1 amide bonds. The predicted octanol–water partition coefficient (Wildman–Crippen LogP) is 0.843. The molecule has 1 rings (SSSR count). The van der Waals surface area contributed by atoms with Crippen molar-refractivity contribution in [2.24, 2.45) is 10.9 Å². The van der Waals surface area contributed by atoms with Gasteiger partial charge in [-0.2, -0.15) is 0 Å². The quantitative estimate of drug-likeness (QED) is 0.306. The van der Waals surface area contributed by atoms with E-state index in [-0.39, 0.29) is 17.8 Å². The van der Waals surface area contributed by atoms with Crippen LogP contribution >= 0.6 is 0 Å². The number of furan rings is 1. The lowest BCUT2D eigenvalue weighted by molar-refractivity contribution is 0.0940. The van der Waals surface area contributed by atoms with Crippen molar-refractivity contribution in [2.45, 2.75) is 26.3 Å². The number of carbonyl (C=O) groups excluding carboxylic acids is 1. The molecule has 6 nitrogen and oxygen atoms in total. The first-order chi connectivity index (χ1) is 7.52. The molecule has 6 heteroatoms. The number of amidine groups is 1. The molecular weight excluding hydrogens is 210 g/mol. The third kappa shape index (κ3) is 3.30. The zero-order valence-corrected chi connectivity index (χ0v) is 9.23. The van der Waals surface area contributed by atoms with E-state index >= 15 is 0 Å². The Labute approximate surface area is 93.1 Å². The van der Waals surface area contributed by atoms with Gasteiger partial charge >= 0.3 is 0 Å². The van der Waals surface area contributed by atoms with Crippen LogP contribution in [-0.4, -0.2) is 23.0 Å². The first kappa shape index (κ1) is 12.1. The number of hydrogen-bond donors (Lipinski definition) is 3. The van der Waals surface area contributed by atoms with Gasteiger partial charge in [0, 0.05) is 12.5 Å². The monoisotopic (exact) mass is 225 g/mol. The number of nitrogens with two attached hydrogens (primary N) is 1. The zero-order valence-electron chi connectivity index (χ0n) is 9.23. The van der Waals surface area contributed by atoms with Crippen molar-refractivity contribution >= 4 is 11.7 Å². The summed E-state index contributed by atoms with van der Waals surface area (Å²) in [6.07, 6.45) is 1.68. The van der Waals surface area contributed by atoms with Crippen molar-refractivity contribution in [2.75, 3.05) is 0 Å². The van der Waals surface area contributed by atoms with E-state index in [0.29, 0.717) is 17.7 Å². The minimum atomic E-state index is -0.241. The van der Waals surface area contributed by atoms with E-state index in [4.69, 9.17) is 15.4 Å². The Kier molecular flexibility index (Phi) is 3.93. The van der Waals surface area contributed by atoms with Gasteiger partial charge in [0.05, 0.1) is 5.56 Å². The van der Waals surface area contributed by atoms with Gasteiger partial charge in [-0.15, -0.1) is 0 Å². The molecule has 0 saturated heterocycles. The standard InChI is InChI=1S/C10H15N3O3/c1-6(3-9(11)13-15)12-10(14)8-4-7(2)16-5-8/h4-6,15H,3H2,1-2H3,(H2,11,13)(H,12,14). The molecule has 1 unspecified atom stereocenters. The Morgan fingerprint density at radius 2 is 2.44 bits per heavy atom. The normalized spacial score (nSPS) is 13.5. The number of rotatable bonds is 4. The van der Waals surface area contributed by atoms with E-state index in [1.807, 2.05) is 0 Å². The van der Waals surface area contributed by atoms with Crippen LogP contribution in [0.5, 0.6) is 0 Å². The fraction of sp³-hybridized carbons (Fsp3) is 0.400. The average molecular weight is 225 g/mol. The van der Waals surface area contributed by atoms with E-state index in [0.717, 1.165) is 0 Å². The average Bonchev–Trinajstić information content (AvgIpc) is 2.64. The van der Waals surface area contributed by atoms with Crippen LogP contribution in [0.2, 0.25) is 0 Å². The van der Waals surface area contributed by atoms with Crippen molar-refractivity contribution < 1.29 is 14.4 Å². The lowest BCUT2D eigenvalue weighted by atomic mass is 10.2. The van der Waals surface area contributed by atoms with Gasteiger partial charge in [-0.05, 0) is 19.9 Å². The second-order valence-corrected chi connectivity index (χ2v) is 3.62. The van der Waals surface area contributed by atoms with E-state index in [9.17, 15) is 4.79 Å². The molecule has 0 fully saturated rings. The number of carbonyl (C=O) groups is 1. The molecule has 4 N–H and O–H groups in total. The van der Waals surface area contributed by atoms with Gasteiger partial charge in [-0.3, -0.25) is 4.79 Å². The highest BCUT2D eigenvalue weighted by Crippen LogP contribution is 2.06. The van der Waals surface area contributed by atoms with Crippen molar-refractivity contribution in [3.8, 4) is 0 Å². The molecule has 16 heavy (non-hydrogen) atoms. The van der Waals surface area contributed by atoms with Gasteiger partial charge in [0.25, 0.3) is 5.91 Å². The predicted molar refractivity (Wildman–Crippen MR) is 58.4 cm³/mol. The summed E-state index contributed by atoms with van der Waals surface area (Å²) in [7, 11) is 0. The van der Waals surface area contributed by atoms with Gasteiger partial charge in [-0.25, -0.2) is 0 Å². The van der Waals surface area contributed by atoms with E-state index in [2.05, 4.69) is 10.5 Å². The Balaban J connectivity index is 2.52. The second-order valence-electron chi connectivity index (χ2n) is 3.62. The molecule has 0 bridgehead atoms. The van der Waals surface area contributed by atoms with E-state index < -0.39 is 0 Å². The van der Waals surface area contributed by atoms with Crippen molar-refractivity contribution in [1.82, 2.24) is 5.32 Å². The fourth-order valence-corrected chi connectivity index (χ4v) is 1.28. The molecule has 1 atom stereocenters. The van der Waals surface area contributed by atoms with Crippen LogP contribution in [0.3, 0.4) is 0 Å². The Hall–Kier alpha value is -1.98. The highest BCUT2D eigenvalue weighted by molar-refractivity contribution is 5.94. The number of nitrogens with one attached hydrogen (secondary N) is 1. The maximum atomic E-state index is 11.6. The number of oxime groups is 1. The van der Waals surface area contributed by atoms with Gasteiger partial charge in [0.1, 0.15) is 17.9 Å². The summed E-state index contributed by atoms with van der Waals surface area (Å²) < 4.78 is 5.02. The molecule has 1 aromatic rings. The third-order valence-electron chi connectivity index (χ3n) is 2.01. The first-order valence-corrected chi connectivity index (χ1v) is 4.85. The van der Waals surface area contributed by atoms with Crippen LogP contribution < -0.4 is 11.1 Å². The molecule has 1 aromatic heterocycles. The zero-order chi connectivity index (χ0) is 12.1. The molecule has 0 aliphatic carbocycles. The van der Waals surface area contributed by atoms with Gasteiger partial charge in [0.2, 0.25) is 0 Å². The summed E-state index contributed by atoms with van der Waals surface area (Å²) in [5.41, 5.74) is 5.78. The highest BCUT2D eigenvalue weighted by atomic mass is 16.4. The molecular formula is C10H15N3O3. The largest absolute Gasteiger partial charge is 0.469 e. The van der Waals surface area contributed by atoms with Crippen molar-refractivity contribution in [3.05, 3.63) is 23.7 Å². The Morgan fingerprint density at radius 1 is 1.75 bits per heavy atom. The van der Waals surface area contributed by atoms with Crippen LogP contribution in [0, 0.1) is 6.92 Å². The smallest absolute Gasteiger partial charge is 0.254 e. The van der Waals surface area contributed by atoms with Crippen LogP contribution in [0.15, 0.2) is 21.9 Å². The summed E-state index contributed by atoms with van der Waals surface area (Å²) in [6.45, 7) is 3.53. The summed E-state index contributed by atoms with van der Waals surface area (Å²) in [5.74, 6) is 0.514. The molecule has 0 aromatic carbocycles. The van der Waals surface area contributed by atoms with Crippen molar-refractivity contribution in [1.29, 1.82) is 0 Å². The lowest BCUT2D eigenvalue weighted by Crippen LogP contribution is -2.35. The lowest BCUT2D eigenvalue weighted by Gasteiger charge is -2.11. The number of hydrogen-bond acceptors (Lipinski definition) is 4. The minimum absolute atomic E-state index is 0.0798. The summed E-state index contributed by atoms with van der Waals surface area (Å²) >= 11 is 0. The molecule has 0 aliphatic rings. The Morgan fingerprint density at radius 3 is 2.94 bits per heavy atom. The van der Waals surface area contributed by atoms with Gasteiger partial charge in [0.15, 0.2) is 0 Å². The number of nitrogens with zero attached hydrogens (tertiary/aromatic N) is 1. The molecule has 0 radical (unpaired) electrons. The molecule has 0 aliphatic heterocycles. The van der Waals surface area contributed by atoms with Crippen LogP contribution in [-0.2, 0) is 0 Å². The number of amides is 1. The first-order valence-electron chi connectivity index (χ1n) is 4.85. The molecule has 1 heterocycles. The second kappa shape index (κ2) is 5.20. The van der Waals surface area contributed by atoms with E-state index in [1.165, 1.54) is 6.26 Å². The van der Waals surface area contributed by atoms with Gasteiger partial charge < -0.3 is 20.7 Å². The maximum absolute atomic E-state index is 11.6. The highest BCUT2D eigenvalue weighted by Gasteiger charge is 2.12. The van der Waals surface area contributed by atoms with Crippen LogP contribution in [0.1, 0.15) is 29.5 Å². The molecule has 88 valence electrons. The minimum Gasteiger partial charge on any atom is -0.469 e. The van der Waals surface area contributed by atoms with Gasteiger partial charge in [-0.1, -0.05) is 5.16 Å². The van der Waals surface area contributed by atoms with Crippen LogP contribution in [0.25, 0.3) is 0 Å². The summed E-state index contributed by atoms with van der Waals surface area (Å²) in [6, 6.07) is 1.43. The molecule has 0 spiro atoms. The van der Waals surface area contributed by atoms with Crippen LogP contribution in [0.4, 0.5) is 0 Å². The topological polar surface area (TPSA) is 101 Å². The van der Waals surface area contributed by atoms with E-state index in [1.54, 1.807) is 19.9 Å². The summed E-state index contributed by atoms with van der Waals surface area (Å²) in [4.78, 5) is 11.6. The fourth-order valence-electron chi connectivity index (χ4n) is 1.28. The summed E-state index contributed by atoms with van der Waals surface area (Å²) in [5, 5.41) is 13.9. The Bertz CT molecular complexity index is 398. The SMILES string of the molecule is Cc1cc(C(=O)NC(C)CC(N)=NO)co1. The maximum Gasteiger partial charge on any atom is 0.254 e. The van der Waals surface area contributed by atoms with Crippen molar-refractivity contribution in [3.63, 3.8) is 0 Å².